The van der Waals surface area contributed by atoms with E-state index in [0.717, 1.165) is 27.9 Å². The van der Waals surface area contributed by atoms with Gasteiger partial charge in [-0.2, -0.15) is 0 Å². The maximum absolute atomic E-state index is 11.5. The predicted octanol–water partition coefficient (Wildman–Crippen LogP) is 2.68. The van der Waals surface area contributed by atoms with Crippen molar-refractivity contribution in [2.75, 3.05) is 11.6 Å². The maximum atomic E-state index is 11.5. The number of nitrogens with zero attached hydrogens (tertiary/aromatic N) is 2. The summed E-state index contributed by atoms with van der Waals surface area (Å²) in [6.45, 7) is 4.21. The van der Waals surface area contributed by atoms with Crippen molar-refractivity contribution in [2.45, 2.75) is 25.3 Å². The van der Waals surface area contributed by atoms with E-state index in [4.69, 9.17) is 0 Å². The number of aryl methyl sites for hydroxylation is 2. The second kappa shape index (κ2) is 6.01. The van der Waals surface area contributed by atoms with E-state index >= 15 is 0 Å². The molecule has 0 amide bonds. The van der Waals surface area contributed by atoms with Crippen molar-refractivity contribution in [3.05, 3.63) is 43.9 Å². The summed E-state index contributed by atoms with van der Waals surface area (Å²) in [6.07, 6.45) is 1.01. The van der Waals surface area contributed by atoms with Crippen molar-refractivity contribution in [1.82, 2.24) is 4.98 Å². The standard InChI is InChI=1S/C13H15N3O4S2/c1-8-9(2)21-13(15-8)7-14-11-5-4-10(22(3,19)20)6-12(11)16(17)18/h4-6,14H,7H2,1-3H3. The number of benzene rings is 1. The molecule has 0 atom stereocenters. The van der Waals surface area contributed by atoms with Gasteiger partial charge in [-0.15, -0.1) is 11.3 Å². The molecule has 1 heterocycles. The first-order chi connectivity index (χ1) is 10.2. The first-order valence-electron chi connectivity index (χ1n) is 6.34. The number of anilines is 1. The van der Waals surface area contributed by atoms with Crippen LogP contribution in [0.25, 0.3) is 0 Å². The molecule has 1 N–H and O–H groups in total. The van der Waals surface area contributed by atoms with E-state index in [1.54, 1.807) is 0 Å². The van der Waals surface area contributed by atoms with Crippen LogP contribution in [0.1, 0.15) is 15.6 Å². The molecule has 0 saturated carbocycles. The summed E-state index contributed by atoms with van der Waals surface area (Å²) < 4.78 is 23.0. The van der Waals surface area contributed by atoms with Crippen molar-refractivity contribution in [1.29, 1.82) is 0 Å². The fraction of sp³-hybridized carbons (Fsp3) is 0.308. The molecule has 0 radical (unpaired) electrons. The van der Waals surface area contributed by atoms with Crippen LogP contribution in [0.15, 0.2) is 23.1 Å². The SMILES string of the molecule is Cc1nc(CNc2ccc(S(C)(=O)=O)cc2[N+](=O)[O-])sc1C. The molecule has 7 nitrogen and oxygen atoms in total. The second-order valence-corrected chi connectivity index (χ2v) is 8.11. The average molecular weight is 341 g/mol. The van der Waals surface area contributed by atoms with E-state index < -0.39 is 14.8 Å². The highest BCUT2D eigenvalue weighted by atomic mass is 32.2. The Morgan fingerprint density at radius 2 is 2.05 bits per heavy atom. The Kier molecular flexibility index (Phi) is 4.47. The Morgan fingerprint density at radius 1 is 1.36 bits per heavy atom. The molecular weight excluding hydrogens is 326 g/mol. The summed E-state index contributed by atoms with van der Waals surface area (Å²) in [5.74, 6) is 0. The van der Waals surface area contributed by atoms with Crippen LogP contribution in [0.3, 0.4) is 0 Å². The van der Waals surface area contributed by atoms with Gasteiger partial charge in [-0.05, 0) is 26.0 Å². The number of nitro groups is 1. The number of nitro benzene ring substituents is 1. The normalized spacial score (nSPS) is 11.4. The van der Waals surface area contributed by atoms with Gasteiger partial charge in [0, 0.05) is 17.2 Å². The van der Waals surface area contributed by atoms with E-state index in [-0.39, 0.29) is 16.3 Å². The predicted molar refractivity (Wildman–Crippen MR) is 85.1 cm³/mol. The zero-order chi connectivity index (χ0) is 16.5. The van der Waals surface area contributed by atoms with Crippen molar-refractivity contribution in [2.24, 2.45) is 0 Å². The molecule has 0 aliphatic heterocycles. The lowest BCUT2D eigenvalue weighted by Crippen LogP contribution is -2.04. The molecular formula is C13H15N3O4S2. The largest absolute Gasteiger partial charge is 0.373 e. The van der Waals surface area contributed by atoms with Crippen LogP contribution in [-0.4, -0.2) is 24.6 Å². The molecule has 118 valence electrons. The Labute approximate surface area is 132 Å². The minimum absolute atomic E-state index is 0.0781. The molecule has 0 fully saturated rings. The van der Waals surface area contributed by atoms with Crippen molar-refractivity contribution in [3.63, 3.8) is 0 Å². The summed E-state index contributed by atoms with van der Waals surface area (Å²) in [5, 5.41) is 14.9. The van der Waals surface area contributed by atoms with Gasteiger partial charge in [0.2, 0.25) is 0 Å². The van der Waals surface area contributed by atoms with Crippen molar-refractivity contribution < 1.29 is 13.3 Å². The molecule has 0 unspecified atom stereocenters. The lowest BCUT2D eigenvalue weighted by molar-refractivity contribution is -0.384. The summed E-state index contributed by atoms with van der Waals surface area (Å²) in [7, 11) is -3.49. The van der Waals surface area contributed by atoms with Crippen LogP contribution in [0.5, 0.6) is 0 Å². The molecule has 1 aromatic heterocycles. The molecule has 0 aliphatic carbocycles. The number of sulfone groups is 1. The zero-order valence-electron chi connectivity index (χ0n) is 12.3. The summed E-state index contributed by atoms with van der Waals surface area (Å²) >= 11 is 1.52. The maximum Gasteiger partial charge on any atom is 0.293 e. The van der Waals surface area contributed by atoms with Crippen LogP contribution in [-0.2, 0) is 16.4 Å². The molecule has 0 aliphatic rings. The molecule has 1 aromatic carbocycles. The fourth-order valence-corrected chi connectivity index (χ4v) is 3.34. The third kappa shape index (κ3) is 3.60. The molecule has 9 heteroatoms. The highest BCUT2D eigenvalue weighted by molar-refractivity contribution is 7.90. The van der Waals surface area contributed by atoms with Crippen molar-refractivity contribution >= 4 is 32.5 Å². The number of rotatable bonds is 5. The van der Waals surface area contributed by atoms with E-state index in [9.17, 15) is 18.5 Å². The third-order valence-electron chi connectivity index (χ3n) is 3.10. The van der Waals surface area contributed by atoms with Gasteiger partial charge in [0.25, 0.3) is 5.69 Å². The van der Waals surface area contributed by atoms with Crippen LogP contribution < -0.4 is 5.32 Å². The summed E-state index contributed by atoms with van der Waals surface area (Å²) in [4.78, 5) is 15.9. The lowest BCUT2D eigenvalue weighted by atomic mass is 10.2. The molecule has 2 rings (SSSR count). The van der Waals surface area contributed by atoms with Gasteiger partial charge >= 0.3 is 0 Å². The number of hydrogen-bond acceptors (Lipinski definition) is 7. The minimum atomic E-state index is -3.49. The van der Waals surface area contributed by atoms with Gasteiger partial charge in [0.05, 0.1) is 22.1 Å². The number of aromatic nitrogens is 1. The smallest absolute Gasteiger partial charge is 0.293 e. The number of hydrogen-bond donors (Lipinski definition) is 1. The van der Waals surface area contributed by atoms with Crippen LogP contribution in [0.2, 0.25) is 0 Å². The topological polar surface area (TPSA) is 102 Å². The first kappa shape index (κ1) is 16.4. The Balaban J connectivity index is 2.28. The summed E-state index contributed by atoms with van der Waals surface area (Å²) in [6, 6.07) is 3.82. The van der Waals surface area contributed by atoms with E-state index in [1.807, 2.05) is 13.8 Å². The highest BCUT2D eigenvalue weighted by Gasteiger charge is 2.18. The molecule has 0 spiro atoms. The fourth-order valence-electron chi connectivity index (χ4n) is 1.83. The summed E-state index contributed by atoms with van der Waals surface area (Å²) in [5.41, 5.74) is 0.930. The molecule has 0 bridgehead atoms. The Bertz CT molecular complexity index is 808. The second-order valence-electron chi connectivity index (χ2n) is 4.81. The van der Waals surface area contributed by atoms with Gasteiger partial charge in [0.1, 0.15) is 10.7 Å². The minimum Gasteiger partial charge on any atom is -0.373 e. The first-order valence-corrected chi connectivity index (χ1v) is 9.04. The molecule has 2 aromatic rings. The van der Waals surface area contributed by atoms with Gasteiger partial charge < -0.3 is 5.32 Å². The lowest BCUT2D eigenvalue weighted by Gasteiger charge is -2.07. The van der Waals surface area contributed by atoms with E-state index in [1.165, 1.54) is 23.5 Å². The quantitative estimate of drug-likeness (QED) is 0.662. The Morgan fingerprint density at radius 3 is 2.55 bits per heavy atom. The van der Waals surface area contributed by atoms with Crippen LogP contribution in [0, 0.1) is 24.0 Å². The van der Waals surface area contributed by atoms with Crippen LogP contribution in [0.4, 0.5) is 11.4 Å². The van der Waals surface area contributed by atoms with E-state index in [2.05, 4.69) is 10.3 Å². The zero-order valence-corrected chi connectivity index (χ0v) is 13.9. The van der Waals surface area contributed by atoms with Gasteiger partial charge in [-0.3, -0.25) is 10.1 Å². The number of nitrogens with one attached hydrogen (secondary N) is 1. The highest BCUT2D eigenvalue weighted by Crippen LogP contribution is 2.28. The monoisotopic (exact) mass is 341 g/mol. The molecule has 22 heavy (non-hydrogen) atoms. The van der Waals surface area contributed by atoms with E-state index in [0.29, 0.717) is 6.54 Å². The van der Waals surface area contributed by atoms with Gasteiger partial charge in [-0.1, -0.05) is 0 Å². The number of thiazole rings is 1. The average Bonchev–Trinajstić information content (AvgIpc) is 2.74. The third-order valence-corrected chi connectivity index (χ3v) is 5.28. The van der Waals surface area contributed by atoms with Crippen LogP contribution >= 0.6 is 11.3 Å². The van der Waals surface area contributed by atoms with Gasteiger partial charge in [0.15, 0.2) is 9.84 Å². The van der Waals surface area contributed by atoms with Gasteiger partial charge in [-0.25, -0.2) is 13.4 Å². The Hall–Kier alpha value is -2.00. The van der Waals surface area contributed by atoms with Crippen molar-refractivity contribution in [3.8, 4) is 0 Å². The molecule has 0 saturated heterocycles.